The summed E-state index contributed by atoms with van der Waals surface area (Å²) in [5.74, 6) is 1.13. The van der Waals surface area contributed by atoms with E-state index in [9.17, 15) is 0 Å². The van der Waals surface area contributed by atoms with Gasteiger partial charge in [0.15, 0.2) is 0 Å². The Bertz CT molecular complexity index is 354. The van der Waals surface area contributed by atoms with Crippen LogP contribution in [0.25, 0.3) is 0 Å². The molecular weight excluding hydrogens is 238 g/mol. The molecule has 0 aliphatic heterocycles. The molecule has 1 aromatic rings. The molecule has 0 bridgehead atoms. The van der Waals surface area contributed by atoms with Crippen molar-refractivity contribution in [1.82, 2.24) is 5.32 Å². The van der Waals surface area contributed by atoms with Crippen LogP contribution in [0, 0.1) is 0 Å². The molecule has 0 fully saturated rings. The minimum absolute atomic E-state index is 0.329. The Morgan fingerprint density at radius 2 is 1.94 bits per heavy atom. The van der Waals surface area contributed by atoms with Gasteiger partial charge in [-0.05, 0) is 24.1 Å². The third-order valence-corrected chi connectivity index (χ3v) is 4.26. The zero-order valence-corrected chi connectivity index (χ0v) is 13.2. The van der Waals surface area contributed by atoms with Crippen LogP contribution < -0.4 is 5.32 Å². The number of nitrogens with one attached hydrogen (secondary N) is 1. The molecule has 0 aliphatic rings. The van der Waals surface area contributed by atoms with Crippen LogP contribution in [0.5, 0.6) is 0 Å². The molecule has 0 heterocycles. The Hall–Kier alpha value is -0.470. The molecule has 0 aromatic heterocycles. The maximum atomic E-state index is 3.60. The van der Waals surface area contributed by atoms with Crippen molar-refractivity contribution in [2.24, 2.45) is 0 Å². The molecule has 1 unspecified atom stereocenters. The molecule has 0 amide bonds. The second-order valence-corrected chi connectivity index (χ2v) is 7.48. The first-order valence-corrected chi connectivity index (χ1v) is 7.91. The number of rotatable bonds is 6. The van der Waals surface area contributed by atoms with E-state index in [1.165, 1.54) is 11.1 Å². The largest absolute Gasteiger partial charge is 0.310 e. The molecule has 18 heavy (non-hydrogen) atoms. The molecule has 0 spiro atoms. The molecule has 0 aliphatic carbocycles. The molecule has 0 radical (unpaired) electrons. The molecular formula is C16H27NS. The first-order valence-electron chi connectivity index (χ1n) is 6.92. The molecule has 1 atom stereocenters. The number of hydrogen-bond acceptors (Lipinski definition) is 2. The van der Waals surface area contributed by atoms with Gasteiger partial charge in [0.25, 0.3) is 0 Å². The van der Waals surface area contributed by atoms with Crippen LogP contribution in [0.4, 0.5) is 0 Å². The average molecular weight is 265 g/mol. The van der Waals surface area contributed by atoms with Crippen LogP contribution in [-0.4, -0.2) is 17.0 Å². The van der Waals surface area contributed by atoms with E-state index in [1.54, 1.807) is 0 Å². The maximum Gasteiger partial charge on any atom is 0.0412 e. The fourth-order valence-corrected chi connectivity index (χ4v) is 2.86. The highest BCUT2D eigenvalue weighted by Gasteiger charge is 2.16. The number of aryl methyl sites for hydroxylation is 1. The molecule has 0 saturated heterocycles. The van der Waals surface area contributed by atoms with Crippen LogP contribution in [-0.2, 0) is 6.42 Å². The second kappa shape index (κ2) is 7.20. The van der Waals surface area contributed by atoms with E-state index in [4.69, 9.17) is 0 Å². The maximum absolute atomic E-state index is 3.60. The predicted octanol–water partition coefficient (Wildman–Crippen LogP) is 4.43. The van der Waals surface area contributed by atoms with E-state index in [0.717, 1.165) is 18.7 Å². The second-order valence-electron chi connectivity index (χ2n) is 5.63. The Balaban J connectivity index is 2.76. The summed E-state index contributed by atoms with van der Waals surface area (Å²) in [7, 11) is 0. The number of thioether (sulfide) groups is 1. The predicted molar refractivity (Wildman–Crippen MR) is 84.4 cm³/mol. The minimum atomic E-state index is 0.329. The van der Waals surface area contributed by atoms with Gasteiger partial charge in [-0.1, -0.05) is 58.9 Å². The molecule has 1 aromatic carbocycles. The van der Waals surface area contributed by atoms with Crippen molar-refractivity contribution in [3.05, 3.63) is 35.4 Å². The van der Waals surface area contributed by atoms with Gasteiger partial charge in [0.2, 0.25) is 0 Å². The highest BCUT2D eigenvalue weighted by atomic mass is 32.2. The van der Waals surface area contributed by atoms with E-state index >= 15 is 0 Å². The zero-order chi connectivity index (χ0) is 13.6. The first-order chi connectivity index (χ1) is 8.46. The number of hydrogen-bond donors (Lipinski definition) is 1. The molecule has 102 valence electrons. The highest BCUT2D eigenvalue weighted by molar-refractivity contribution is 8.00. The third-order valence-electron chi connectivity index (χ3n) is 2.90. The zero-order valence-electron chi connectivity index (χ0n) is 12.4. The van der Waals surface area contributed by atoms with Crippen molar-refractivity contribution < 1.29 is 0 Å². The Labute approximate surface area is 117 Å². The molecule has 0 saturated carbocycles. The minimum Gasteiger partial charge on any atom is -0.310 e. The molecule has 2 heteroatoms. The lowest BCUT2D eigenvalue weighted by atomic mass is 10.0. The Morgan fingerprint density at radius 1 is 1.22 bits per heavy atom. The summed E-state index contributed by atoms with van der Waals surface area (Å²) in [4.78, 5) is 0. The fraction of sp³-hybridized carbons (Fsp3) is 0.625. The van der Waals surface area contributed by atoms with E-state index in [2.05, 4.69) is 64.2 Å². The van der Waals surface area contributed by atoms with Gasteiger partial charge >= 0.3 is 0 Å². The summed E-state index contributed by atoms with van der Waals surface area (Å²) in [5.41, 5.74) is 2.85. The van der Waals surface area contributed by atoms with Gasteiger partial charge in [0.05, 0.1) is 0 Å². The smallest absolute Gasteiger partial charge is 0.0412 e. The van der Waals surface area contributed by atoms with Gasteiger partial charge in [0.1, 0.15) is 0 Å². The average Bonchev–Trinajstić information content (AvgIpc) is 2.33. The van der Waals surface area contributed by atoms with Crippen molar-refractivity contribution in [3.63, 3.8) is 0 Å². The van der Waals surface area contributed by atoms with E-state index in [-0.39, 0.29) is 0 Å². The summed E-state index contributed by atoms with van der Waals surface area (Å²) in [6.45, 7) is 12.3. The molecule has 1 nitrogen and oxygen atoms in total. The van der Waals surface area contributed by atoms with Crippen LogP contribution >= 0.6 is 11.8 Å². The summed E-state index contributed by atoms with van der Waals surface area (Å²) in [5, 5.41) is 3.60. The van der Waals surface area contributed by atoms with Crippen LogP contribution in [0.2, 0.25) is 0 Å². The van der Waals surface area contributed by atoms with Crippen molar-refractivity contribution in [2.45, 2.75) is 51.8 Å². The third kappa shape index (κ3) is 5.45. The monoisotopic (exact) mass is 265 g/mol. The number of benzene rings is 1. The van der Waals surface area contributed by atoms with Gasteiger partial charge in [-0.25, -0.2) is 0 Å². The lowest BCUT2D eigenvalue weighted by molar-refractivity contribution is 0.602. The van der Waals surface area contributed by atoms with E-state index in [0.29, 0.717) is 10.8 Å². The summed E-state index contributed by atoms with van der Waals surface area (Å²) in [6.07, 6.45) is 1.11. The van der Waals surface area contributed by atoms with E-state index in [1.807, 2.05) is 11.8 Å². The Morgan fingerprint density at radius 3 is 2.50 bits per heavy atom. The van der Waals surface area contributed by atoms with Crippen molar-refractivity contribution in [3.8, 4) is 0 Å². The quantitative estimate of drug-likeness (QED) is 0.816. The van der Waals surface area contributed by atoms with Crippen LogP contribution in [0.15, 0.2) is 24.3 Å². The topological polar surface area (TPSA) is 12.0 Å². The van der Waals surface area contributed by atoms with Crippen molar-refractivity contribution >= 4 is 11.8 Å². The normalized spacial score (nSPS) is 13.6. The standard InChI is InChI=1S/C16H27NS/c1-6-13-9-8-10-14(11-13)15(17-7-2)12-18-16(3,4)5/h8-11,15,17H,6-7,12H2,1-5H3. The van der Waals surface area contributed by atoms with Crippen LogP contribution in [0.1, 0.15) is 51.8 Å². The fourth-order valence-electron chi connectivity index (χ4n) is 1.88. The van der Waals surface area contributed by atoms with Gasteiger partial charge < -0.3 is 5.32 Å². The lowest BCUT2D eigenvalue weighted by Crippen LogP contribution is -2.25. The van der Waals surface area contributed by atoms with Crippen molar-refractivity contribution in [2.75, 3.05) is 12.3 Å². The molecule has 1 rings (SSSR count). The van der Waals surface area contributed by atoms with Crippen LogP contribution in [0.3, 0.4) is 0 Å². The molecule has 1 N–H and O–H groups in total. The highest BCUT2D eigenvalue weighted by Crippen LogP contribution is 2.28. The van der Waals surface area contributed by atoms with Gasteiger partial charge in [-0.2, -0.15) is 11.8 Å². The summed E-state index contributed by atoms with van der Waals surface area (Å²) < 4.78 is 0.329. The SMILES string of the molecule is CCNC(CSC(C)(C)C)c1cccc(CC)c1. The van der Waals surface area contributed by atoms with E-state index < -0.39 is 0 Å². The van der Waals surface area contributed by atoms with Gasteiger partial charge in [-0.15, -0.1) is 0 Å². The summed E-state index contributed by atoms with van der Waals surface area (Å²) >= 11 is 2.03. The first kappa shape index (κ1) is 15.6. The lowest BCUT2D eigenvalue weighted by Gasteiger charge is -2.24. The van der Waals surface area contributed by atoms with Gasteiger partial charge in [-0.3, -0.25) is 0 Å². The van der Waals surface area contributed by atoms with Crippen molar-refractivity contribution in [1.29, 1.82) is 0 Å². The summed E-state index contributed by atoms with van der Waals surface area (Å²) in [6, 6.07) is 9.45. The Kier molecular flexibility index (Phi) is 6.24. The van der Waals surface area contributed by atoms with Gasteiger partial charge in [0, 0.05) is 16.5 Å².